The number of carbonyl (C=O) groups is 2. The van der Waals surface area contributed by atoms with Crippen molar-refractivity contribution in [2.45, 2.75) is 19.9 Å². The van der Waals surface area contributed by atoms with Crippen LogP contribution in [0.3, 0.4) is 0 Å². The van der Waals surface area contributed by atoms with E-state index in [0.717, 1.165) is 22.2 Å². The molecule has 0 spiro atoms. The molecule has 24 heavy (non-hydrogen) atoms. The molecule has 4 rings (SSSR count). The fourth-order valence-corrected chi connectivity index (χ4v) is 3.50. The van der Waals surface area contributed by atoms with Crippen LogP contribution in [-0.4, -0.2) is 59.1 Å². The molecule has 2 amide bonds. The van der Waals surface area contributed by atoms with E-state index >= 15 is 0 Å². The summed E-state index contributed by atoms with van der Waals surface area (Å²) in [5, 5.41) is 0.974. The first kappa shape index (κ1) is 14.9. The van der Waals surface area contributed by atoms with Gasteiger partial charge in [0.05, 0.1) is 22.8 Å². The van der Waals surface area contributed by atoms with E-state index in [9.17, 15) is 9.59 Å². The lowest BCUT2D eigenvalue weighted by atomic mass is 10.0. The zero-order valence-corrected chi connectivity index (χ0v) is 13.8. The number of fused-ring (bicyclic) bond motifs is 2. The van der Waals surface area contributed by atoms with Crippen molar-refractivity contribution in [1.29, 1.82) is 0 Å². The predicted molar refractivity (Wildman–Crippen MR) is 89.0 cm³/mol. The molecule has 124 valence electrons. The summed E-state index contributed by atoms with van der Waals surface area (Å²) in [6.07, 6.45) is -0.272. The maximum absolute atomic E-state index is 13.0. The third-order valence-corrected chi connectivity index (χ3v) is 4.87. The Kier molecular flexibility index (Phi) is 3.40. The van der Waals surface area contributed by atoms with Gasteiger partial charge in [-0.2, -0.15) is 0 Å². The van der Waals surface area contributed by atoms with Gasteiger partial charge in [0.2, 0.25) is 0 Å². The number of hydrogen-bond acceptors (Lipinski definition) is 4. The highest BCUT2D eigenvalue weighted by atomic mass is 16.6. The summed E-state index contributed by atoms with van der Waals surface area (Å²) in [7, 11) is 0. The molecule has 2 aliphatic rings. The van der Waals surface area contributed by atoms with Crippen molar-refractivity contribution in [2.75, 3.05) is 26.2 Å². The fraction of sp³-hybridized carbons (Fsp3) is 0.389. The summed E-state index contributed by atoms with van der Waals surface area (Å²) in [5.74, 6) is -0.0256. The lowest BCUT2D eigenvalue weighted by molar-refractivity contribution is 0.0616. The van der Waals surface area contributed by atoms with E-state index in [2.05, 4.69) is 4.98 Å². The standard InChI is InChI=1S/C18H19N3O3/c1-11-4-3-5-13-8-15(12(2)19-16(11)13)17(22)20-6-7-21-14(9-20)10-24-18(21)23/h3-5,8,14H,6-7,9-10H2,1-2H3. The lowest BCUT2D eigenvalue weighted by Gasteiger charge is -2.35. The molecule has 0 N–H and O–H groups in total. The van der Waals surface area contributed by atoms with Crippen LogP contribution in [0, 0.1) is 13.8 Å². The monoisotopic (exact) mass is 325 g/mol. The minimum atomic E-state index is -0.272. The first-order chi connectivity index (χ1) is 11.5. The van der Waals surface area contributed by atoms with E-state index in [0.29, 0.717) is 31.8 Å². The van der Waals surface area contributed by atoms with E-state index < -0.39 is 0 Å². The third-order valence-electron chi connectivity index (χ3n) is 4.87. The minimum absolute atomic E-state index is 0.0256. The summed E-state index contributed by atoms with van der Waals surface area (Å²) in [4.78, 5) is 32.7. The van der Waals surface area contributed by atoms with Crippen LogP contribution in [0.15, 0.2) is 24.3 Å². The van der Waals surface area contributed by atoms with E-state index in [1.54, 1.807) is 9.80 Å². The van der Waals surface area contributed by atoms with Crippen molar-refractivity contribution < 1.29 is 14.3 Å². The van der Waals surface area contributed by atoms with E-state index in [1.807, 2.05) is 38.1 Å². The number of cyclic esters (lactones) is 1. The topological polar surface area (TPSA) is 62.7 Å². The van der Waals surface area contributed by atoms with Gasteiger partial charge in [-0.15, -0.1) is 0 Å². The smallest absolute Gasteiger partial charge is 0.410 e. The predicted octanol–water partition coefficient (Wildman–Crippen LogP) is 2.13. The first-order valence-electron chi connectivity index (χ1n) is 8.14. The number of rotatable bonds is 1. The average molecular weight is 325 g/mol. The highest BCUT2D eigenvalue weighted by Gasteiger charge is 2.39. The van der Waals surface area contributed by atoms with Crippen LogP contribution < -0.4 is 0 Å². The van der Waals surface area contributed by atoms with Gasteiger partial charge in [0, 0.05) is 25.0 Å². The number of hydrogen-bond donors (Lipinski definition) is 0. The van der Waals surface area contributed by atoms with Gasteiger partial charge in [0.15, 0.2) is 0 Å². The number of ether oxygens (including phenoxy) is 1. The number of aromatic nitrogens is 1. The Labute approximate surface area is 140 Å². The summed E-state index contributed by atoms with van der Waals surface area (Å²) in [6.45, 7) is 5.81. The number of aryl methyl sites for hydroxylation is 2. The molecular formula is C18H19N3O3. The Morgan fingerprint density at radius 1 is 1.29 bits per heavy atom. The number of amides is 2. The molecule has 6 heteroatoms. The molecule has 2 aromatic rings. The molecule has 0 bridgehead atoms. The highest BCUT2D eigenvalue weighted by Crippen LogP contribution is 2.23. The van der Waals surface area contributed by atoms with E-state index in [1.165, 1.54) is 0 Å². The van der Waals surface area contributed by atoms with E-state index in [-0.39, 0.29) is 18.0 Å². The van der Waals surface area contributed by atoms with Gasteiger partial charge in [-0.3, -0.25) is 14.7 Å². The van der Waals surface area contributed by atoms with Crippen molar-refractivity contribution in [3.05, 3.63) is 41.1 Å². The molecule has 1 atom stereocenters. The average Bonchev–Trinajstić information content (AvgIpc) is 2.95. The second-order valence-corrected chi connectivity index (χ2v) is 6.44. The second kappa shape index (κ2) is 5.47. The minimum Gasteiger partial charge on any atom is -0.447 e. The third kappa shape index (κ3) is 2.29. The number of pyridine rings is 1. The van der Waals surface area contributed by atoms with Gasteiger partial charge >= 0.3 is 6.09 Å². The van der Waals surface area contributed by atoms with Crippen LogP contribution in [0.5, 0.6) is 0 Å². The Hall–Kier alpha value is -2.63. The van der Waals surface area contributed by atoms with Crippen LogP contribution in [-0.2, 0) is 4.74 Å². The van der Waals surface area contributed by atoms with Gasteiger partial charge in [0.1, 0.15) is 6.61 Å². The van der Waals surface area contributed by atoms with Crippen molar-refractivity contribution in [1.82, 2.24) is 14.8 Å². The van der Waals surface area contributed by atoms with Crippen LogP contribution in [0.2, 0.25) is 0 Å². The maximum atomic E-state index is 13.0. The largest absolute Gasteiger partial charge is 0.447 e. The number of benzene rings is 1. The zero-order chi connectivity index (χ0) is 16.8. The normalized spacial score (nSPS) is 20.2. The zero-order valence-electron chi connectivity index (χ0n) is 13.8. The van der Waals surface area contributed by atoms with Crippen LogP contribution in [0.25, 0.3) is 10.9 Å². The van der Waals surface area contributed by atoms with Gasteiger partial charge < -0.3 is 9.64 Å². The van der Waals surface area contributed by atoms with Crippen molar-refractivity contribution in [2.24, 2.45) is 0 Å². The van der Waals surface area contributed by atoms with Crippen molar-refractivity contribution in [3.8, 4) is 0 Å². The Bertz CT molecular complexity index is 849. The molecule has 1 unspecified atom stereocenters. The van der Waals surface area contributed by atoms with Gasteiger partial charge in [-0.25, -0.2) is 4.79 Å². The molecule has 1 aromatic carbocycles. The van der Waals surface area contributed by atoms with Gasteiger partial charge in [-0.05, 0) is 25.5 Å². The SMILES string of the molecule is Cc1nc2c(C)cccc2cc1C(=O)N1CCN2C(=O)OCC2C1. The number of nitrogens with zero attached hydrogens (tertiary/aromatic N) is 3. The number of carbonyl (C=O) groups excluding carboxylic acids is 2. The molecule has 2 aliphatic heterocycles. The maximum Gasteiger partial charge on any atom is 0.410 e. The Morgan fingerprint density at radius 2 is 2.12 bits per heavy atom. The molecule has 0 aliphatic carbocycles. The van der Waals surface area contributed by atoms with Gasteiger partial charge in [-0.1, -0.05) is 18.2 Å². The molecular weight excluding hydrogens is 306 g/mol. The second-order valence-electron chi connectivity index (χ2n) is 6.44. The fourth-order valence-electron chi connectivity index (χ4n) is 3.50. The molecule has 2 fully saturated rings. The molecule has 0 saturated carbocycles. The van der Waals surface area contributed by atoms with Gasteiger partial charge in [0.25, 0.3) is 5.91 Å². The summed E-state index contributed by atoms with van der Waals surface area (Å²) in [5.41, 5.74) is 3.41. The molecule has 1 aromatic heterocycles. The Morgan fingerprint density at radius 3 is 2.96 bits per heavy atom. The van der Waals surface area contributed by atoms with E-state index in [4.69, 9.17) is 4.74 Å². The quantitative estimate of drug-likeness (QED) is 0.806. The highest BCUT2D eigenvalue weighted by molar-refractivity contribution is 5.99. The molecule has 6 nitrogen and oxygen atoms in total. The number of para-hydroxylation sites is 1. The molecule has 3 heterocycles. The van der Waals surface area contributed by atoms with Crippen LogP contribution in [0.4, 0.5) is 4.79 Å². The van der Waals surface area contributed by atoms with Crippen LogP contribution >= 0.6 is 0 Å². The molecule has 0 radical (unpaired) electrons. The Balaban J connectivity index is 1.64. The molecule has 2 saturated heterocycles. The van der Waals surface area contributed by atoms with Crippen molar-refractivity contribution in [3.63, 3.8) is 0 Å². The summed E-state index contributed by atoms with van der Waals surface area (Å²) in [6, 6.07) is 7.87. The summed E-state index contributed by atoms with van der Waals surface area (Å²) >= 11 is 0. The lowest BCUT2D eigenvalue weighted by Crippen LogP contribution is -2.53. The number of piperazine rings is 1. The van der Waals surface area contributed by atoms with Crippen LogP contribution in [0.1, 0.15) is 21.6 Å². The summed E-state index contributed by atoms with van der Waals surface area (Å²) < 4.78 is 5.06. The first-order valence-corrected chi connectivity index (χ1v) is 8.14. The van der Waals surface area contributed by atoms with Crippen molar-refractivity contribution >= 4 is 22.9 Å².